The highest BCUT2D eigenvalue weighted by atomic mass is 16.5. The van der Waals surface area contributed by atoms with Gasteiger partial charge < -0.3 is 20.5 Å². The summed E-state index contributed by atoms with van der Waals surface area (Å²) in [4.78, 5) is 38.0. The molecule has 140 valence electrons. The van der Waals surface area contributed by atoms with Crippen LogP contribution in [0.25, 0.3) is 0 Å². The van der Waals surface area contributed by atoms with Gasteiger partial charge in [0.2, 0.25) is 5.91 Å². The standard InChI is InChI=1S/C19H19N3O5/c23-10-9-20-14-6-2-1-5-13(14)19(26)27-12-18(25)22-11-17(24)21-15-7-3-4-8-16(15)22/h1-8,20,23H,9-12H2,(H,21,24). The van der Waals surface area contributed by atoms with Crippen molar-refractivity contribution in [2.24, 2.45) is 0 Å². The van der Waals surface area contributed by atoms with Crippen LogP contribution in [-0.2, 0) is 14.3 Å². The van der Waals surface area contributed by atoms with Crippen molar-refractivity contribution in [1.29, 1.82) is 0 Å². The lowest BCUT2D eigenvalue weighted by atomic mass is 10.2. The molecule has 0 aliphatic carbocycles. The van der Waals surface area contributed by atoms with Gasteiger partial charge in [-0.2, -0.15) is 0 Å². The van der Waals surface area contributed by atoms with Crippen LogP contribution in [-0.4, -0.2) is 49.2 Å². The zero-order chi connectivity index (χ0) is 19.2. The van der Waals surface area contributed by atoms with Gasteiger partial charge in [0.05, 0.1) is 23.5 Å². The molecule has 27 heavy (non-hydrogen) atoms. The minimum Gasteiger partial charge on any atom is -0.452 e. The Labute approximate surface area is 155 Å². The van der Waals surface area contributed by atoms with E-state index in [1.807, 2.05) is 0 Å². The molecule has 2 aromatic carbocycles. The summed E-state index contributed by atoms with van der Waals surface area (Å²) in [6.45, 7) is -0.433. The van der Waals surface area contributed by atoms with E-state index in [-0.39, 0.29) is 31.2 Å². The predicted molar refractivity (Wildman–Crippen MR) is 99.7 cm³/mol. The van der Waals surface area contributed by atoms with Gasteiger partial charge in [-0.3, -0.25) is 14.5 Å². The molecule has 1 aliphatic rings. The third-order valence-corrected chi connectivity index (χ3v) is 3.97. The maximum Gasteiger partial charge on any atom is 0.340 e. The molecule has 0 fully saturated rings. The molecule has 0 saturated heterocycles. The number of benzene rings is 2. The molecule has 0 bridgehead atoms. The minimum atomic E-state index is -0.667. The summed E-state index contributed by atoms with van der Waals surface area (Å²) in [7, 11) is 0. The zero-order valence-electron chi connectivity index (χ0n) is 14.5. The maximum atomic E-state index is 12.5. The Kier molecular flexibility index (Phi) is 5.68. The first-order valence-corrected chi connectivity index (χ1v) is 8.40. The van der Waals surface area contributed by atoms with Gasteiger partial charge in [0.15, 0.2) is 6.61 Å². The van der Waals surface area contributed by atoms with E-state index >= 15 is 0 Å². The molecule has 0 unspecified atom stereocenters. The summed E-state index contributed by atoms with van der Waals surface area (Å²) in [5, 5.41) is 14.5. The number of hydrogen-bond acceptors (Lipinski definition) is 6. The number of carbonyl (C=O) groups is 3. The van der Waals surface area contributed by atoms with E-state index in [4.69, 9.17) is 9.84 Å². The molecule has 2 aromatic rings. The highest BCUT2D eigenvalue weighted by Gasteiger charge is 2.27. The number of rotatable bonds is 6. The Hall–Kier alpha value is -3.39. The lowest BCUT2D eigenvalue weighted by molar-refractivity contribution is -0.124. The number of anilines is 3. The van der Waals surface area contributed by atoms with Crippen LogP contribution < -0.4 is 15.5 Å². The molecular weight excluding hydrogens is 350 g/mol. The third-order valence-electron chi connectivity index (χ3n) is 3.97. The summed E-state index contributed by atoms with van der Waals surface area (Å²) < 4.78 is 5.15. The van der Waals surface area contributed by atoms with Crippen LogP contribution >= 0.6 is 0 Å². The Morgan fingerprint density at radius 3 is 2.70 bits per heavy atom. The van der Waals surface area contributed by atoms with E-state index in [9.17, 15) is 14.4 Å². The van der Waals surface area contributed by atoms with Crippen LogP contribution in [0.15, 0.2) is 48.5 Å². The number of fused-ring (bicyclic) bond motifs is 1. The van der Waals surface area contributed by atoms with Crippen molar-refractivity contribution < 1.29 is 24.2 Å². The van der Waals surface area contributed by atoms with Gasteiger partial charge in [-0.05, 0) is 24.3 Å². The molecule has 3 rings (SSSR count). The molecule has 2 amide bonds. The van der Waals surface area contributed by atoms with Gasteiger partial charge in [-0.25, -0.2) is 4.79 Å². The first kappa shape index (κ1) is 18.4. The number of nitrogens with one attached hydrogen (secondary N) is 2. The maximum absolute atomic E-state index is 12.5. The Morgan fingerprint density at radius 1 is 1.15 bits per heavy atom. The highest BCUT2D eigenvalue weighted by molar-refractivity contribution is 6.10. The molecule has 1 heterocycles. The molecular formula is C19H19N3O5. The van der Waals surface area contributed by atoms with Crippen molar-refractivity contribution in [3.05, 3.63) is 54.1 Å². The Balaban J connectivity index is 1.68. The second kappa shape index (κ2) is 8.33. The van der Waals surface area contributed by atoms with E-state index in [1.165, 1.54) is 4.90 Å². The van der Waals surface area contributed by atoms with E-state index in [0.29, 0.717) is 17.1 Å². The van der Waals surface area contributed by atoms with Crippen molar-refractivity contribution >= 4 is 34.8 Å². The van der Waals surface area contributed by atoms with Gasteiger partial charge in [0.1, 0.15) is 6.54 Å². The molecule has 0 saturated carbocycles. The average Bonchev–Trinajstić information content (AvgIpc) is 2.69. The molecule has 0 radical (unpaired) electrons. The number of para-hydroxylation sites is 3. The van der Waals surface area contributed by atoms with Crippen LogP contribution in [0, 0.1) is 0 Å². The van der Waals surface area contributed by atoms with Gasteiger partial charge in [0.25, 0.3) is 5.91 Å². The Bertz CT molecular complexity index is 868. The lowest BCUT2D eigenvalue weighted by Crippen LogP contribution is -2.44. The van der Waals surface area contributed by atoms with Gasteiger partial charge >= 0.3 is 5.97 Å². The smallest absolute Gasteiger partial charge is 0.340 e. The molecule has 0 atom stereocenters. The normalized spacial score (nSPS) is 12.8. The van der Waals surface area contributed by atoms with E-state index in [0.717, 1.165) is 0 Å². The fourth-order valence-corrected chi connectivity index (χ4v) is 2.74. The quantitative estimate of drug-likeness (QED) is 0.661. The number of nitrogens with zero attached hydrogens (tertiary/aromatic N) is 1. The lowest BCUT2D eigenvalue weighted by Gasteiger charge is -2.28. The monoisotopic (exact) mass is 369 g/mol. The fourth-order valence-electron chi connectivity index (χ4n) is 2.74. The summed E-state index contributed by atoms with van der Waals surface area (Å²) in [5.74, 6) is -1.47. The minimum absolute atomic E-state index is 0.0850. The summed E-state index contributed by atoms with van der Waals surface area (Å²) in [6, 6.07) is 13.6. The highest BCUT2D eigenvalue weighted by Crippen LogP contribution is 2.28. The molecule has 1 aliphatic heterocycles. The predicted octanol–water partition coefficient (Wildman–Crippen LogP) is 1.23. The largest absolute Gasteiger partial charge is 0.452 e. The van der Waals surface area contributed by atoms with Crippen LogP contribution in [0.5, 0.6) is 0 Å². The van der Waals surface area contributed by atoms with Crippen molar-refractivity contribution in [1.82, 2.24) is 0 Å². The van der Waals surface area contributed by atoms with Crippen molar-refractivity contribution in [2.45, 2.75) is 0 Å². The van der Waals surface area contributed by atoms with Crippen molar-refractivity contribution in [3.63, 3.8) is 0 Å². The number of esters is 1. The first-order chi connectivity index (χ1) is 13.1. The van der Waals surface area contributed by atoms with Crippen molar-refractivity contribution in [2.75, 3.05) is 41.8 Å². The number of aliphatic hydroxyl groups is 1. The van der Waals surface area contributed by atoms with E-state index in [1.54, 1.807) is 48.5 Å². The Morgan fingerprint density at radius 2 is 1.89 bits per heavy atom. The molecule has 0 aromatic heterocycles. The fraction of sp³-hybridized carbons (Fsp3) is 0.211. The first-order valence-electron chi connectivity index (χ1n) is 8.40. The van der Waals surface area contributed by atoms with Crippen molar-refractivity contribution in [3.8, 4) is 0 Å². The molecule has 3 N–H and O–H groups in total. The summed E-state index contributed by atoms with van der Waals surface area (Å²) in [5.41, 5.74) is 1.86. The van der Waals surface area contributed by atoms with Crippen LogP contribution in [0.1, 0.15) is 10.4 Å². The molecule has 8 nitrogen and oxygen atoms in total. The van der Waals surface area contributed by atoms with Crippen LogP contribution in [0.2, 0.25) is 0 Å². The topological polar surface area (TPSA) is 108 Å². The number of hydrogen-bond donors (Lipinski definition) is 3. The van der Waals surface area contributed by atoms with Gasteiger partial charge in [0, 0.05) is 12.2 Å². The number of carbonyl (C=O) groups excluding carboxylic acids is 3. The zero-order valence-corrected chi connectivity index (χ0v) is 14.5. The van der Waals surface area contributed by atoms with Gasteiger partial charge in [-0.15, -0.1) is 0 Å². The van der Waals surface area contributed by atoms with E-state index in [2.05, 4.69) is 10.6 Å². The molecule has 8 heteroatoms. The van der Waals surface area contributed by atoms with Crippen LogP contribution in [0.4, 0.5) is 17.1 Å². The summed E-state index contributed by atoms with van der Waals surface area (Å²) in [6.07, 6.45) is 0. The third kappa shape index (κ3) is 4.24. The number of amides is 2. The SMILES string of the molecule is O=C1CN(C(=O)COC(=O)c2ccccc2NCCO)c2ccccc2N1. The average molecular weight is 369 g/mol. The van der Waals surface area contributed by atoms with Crippen LogP contribution in [0.3, 0.4) is 0 Å². The number of ether oxygens (including phenoxy) is 1. The number of aliphatic hydroxyl groups excluding tert-OH is 1. The second-order valence-electron chi connectivity index (χ2n) is 5.82. The second-order valence-corrected chi connectivity index (χ2v) is 5.82. The molecule has 0 spiro atoms. The summed E-state index contributed by atoms with van der Waals surface area (Å²) >= 11 is 0. The van der Waals surface area contributed by atoms with E-state index < -0.39 is 18.5 Å². The van der Waals surface area contributed by atoms with Gasteiger partial charge in [-0.1, -0.05) is 24.3 Å².